The average molecular weight is 300 g/mol. The van der Waals surface area contributed by atoms with Gasteiger partial charge in [0.05, 0.1) is 12.3 Å². The smallest absolute Gasteiger partial charge is 0.310 e. The minimum atomic E-state index is -0.534. The summed E-state index contributed by atoms with van der Waals surface area (Å²) in [6.07, 6.45) is 3.81. The van der Waals surface area contributed by atoms with E-state index in [1.807, 2.05) is 41.5 Å². The molecule has 0 aliphatic carbocycles. The normalized spacial score (nSPS) is 13.7. The number of hydrogen-bond acceptors (Lipinski definition) is 4. The van der Waals surface area contributed by atoms with Crippen molar-refractivity contribution in [2.45, 2.75) is 91.8 Å². The first-order chi connectivity index (χ1) is 9.44. The van der Waals surface area contributed by atoms with Crippen LogP contribution in [0.4, 0.5) is 0 Å². The highest BCUT2D eigenvalue weighted by Crippen LogP contribution is 2.21. The molecule has 0 N–H and O–H groups in total. The number of esters is 2. The lowest BCUT2D eigenvalue weighted by Crippen LogP contribution is -2.32. The zero-order chi connectivity index (χ0) is 16.7. The summed E-state index contributed by atoms with van der Waals surface area (Å²) in [6, 6.07) is 0. The highest BCUT2D eigenvalue weighted by molar-refractivity contribution is 5.80. The Labute approximate surface area is 129 Å². The Bertz CT molecular complexity index is 334. The van der Waals surface area contributed by atoms with Crippen LogP contribution in [-0.2, 0) is 19.1 Å². The molecule has 0 saturated heterocycles. The van der Waals surface area contributed by atoms with Gasteiger partial charge in [-0.15, -0.1) is 0 Å². The molecule has 1 atom stereocenters. The van der Waals surface area contributed by atoms with Gasteiger partial charge in [-0.3, -0.25) is 9.59 Å². The summed E-state index contributed by atoms with van der Waals surface area (Å²) in [6.45, 7) is 13.1. The molecule has 0 amide bonds. The lowest BCUT2D eigenvalue weighted by Gasteiger charge is -2.25. The van der Waals surface area contributed by atoms with Crippen LogP contribution in [0.1, 0.15) is 80.6 Å². The van der Waals surface area contributed by atoms with Gasteiger partial charge in [0.1, 0.15) is 11.2 Å². The van der Waals surface area contributed by atoms with Crippen LogP contribution in [0.3, 0.4) is 0 Å². The van der Waals surface area contributed by atoms with E-state index in [4.69, 9.17) is 9.47 Å². The number of carbonyl (C=O) groups excluding carboxylic acids is 2. The quantitative estimate of drug-likeness (QED) is 0.521. The van der Waals surface area contributed by atoms with Gasteiger partial charge in [-0.25, -0.2) is 0 Å². The van der Waals surface area contributed by atoms with E-state index in [1.165, 1.54) is 0 Å². The monoisotopic (exact) mass is 300 g/mol. The maximum absolute atomic E-state index is 12.2. The molecule has 0 heterocycles. The summed E-state index contributed by atoms with van der Waals surface area (Å²) < 4.78 is 10.7. The van der Waals surface area contributed by atoms with Gasteiger partial charge in [0.25, 0.3) is 0 Å². The van der Waals surface area contributed by atoms with Gasteiger partial charge in [-0.05, 0) is 48.0 Å². The molecule has 0 aromatic heterocycles. The molecule has 0 radical (unpaired) electrons. The van der Waals surface area contributed by atoms with Crippen molar-refractivity contribution < 1.29 is 19.1 Å². The zero-order valence-corrected chi connectivity index (χ0v) is 14.7. The third-order valence-corrected chi connectivity index (χ3v) is 2.73. The van der Waals surface area contributed by atoms with Crippen LogP contribution < -0.4 is 0 Å². The van der Waals surface area contributed by atoms with Gasteiger partial charge in [-0.2, -0.15) is 0 Å². The molecule has 4 heteroatoms. The molecule has 0 bridgehead atoms. The number of unbranched alkanes of at least 4 members (excludes halogenated alkanes) is 2. The Morgan fingerprint density at radius 3 is 1.86 bits per heavy atom. The van der Waals surface area contributed by atoms with Crippen LogP contribution in [0.2, 0.25) is 0 Å². The van der Waals surface area contributed by atoms with E-state index in [1.54, 1.807) is 0 Å². The fourth-order valence-corrected chi connectivity index (χ4v) is 1.91. The summed E-state index contributed by atoms with van der Waals surface area (Å²) in [4.78, 5) is 24.2. The summed E-state index contributed by atoms with van der Waals surface area (Å²) in [5.74, 6) is -1.05. The lowest BCUT2D eigenvalue weighted by molar-refractivity contribution is -0.167. The second-order valence-corrected chi connectivity index (χ2v) is 7.52. The van der Waals surface area contributed by atoms with E-state index >= 15 is 0 Å². The van der Waals surface area contributed by atoms with Crippen LogP contribution in [0.5, 0.6) is 0 Å². The van der Waals surface area contributed by atoms with Gasteiger partial charge in [0.2, 0.25) is 0 Å². The molecule has 0 saturated carbocycles. The van der Waals surface area contributed by atoms with Gasteiger partial charge in [0.15, 0.2) is 0 Å². The maximum Gasteiger partial charge on any atom is 0.310 e. The summed E-state index contributed by atoms with van der Waals surface area (Å²) >= 11 is 0. The third-order valence-electron chi connectivity index (χ3n) is 2.73. The Kier molecular flexibility index (Phi) is 7.98. The van der Waals surface area contributed by atoms with Crippen LogP contribution in [0.15, 0.2) is 0 Å². The minimum Gasteiger partial charge on any atom is -0.460 e. The second kappa shape index (κ2) is 8.40. The molecule has 0 aromatic rings. The van der Waals surface area contributed by atoms with E-state index in [2.05, 4.69) is 6.92 Å². The Morgan fingerprint density at radius 2 is 1.43 bits per heavy atom. The summed E-state index contributed by atoms with van der Waals surface area (Å²) in [7, 11) is 0. The van der Waals surface area contributed by atoms with Gasteiger partial charge in [0, 0.05) is 0 Å². The lowest BCUT2D eigenvalue weighted by atomic mass is 9.97. The first-order valence-electron chi connectivity index (χ1n) is 7.89. The van der Waals surface area contributed by atoms with Crippen molar-refractivity contribution in [2.24, 2.45) is 5.92 Å². The van der Waals surface area contributed by atoms with Crippen molar-refractivity contribution in [3.63, 3.8) is 0 Å². The summed E-state index contributed by atoms with van der Waals surface area (Å²) in [5, 5.41) is 0. The molecule has 1 unspecified atom stereocenters. The van der Waals surface area contributed by atoms with Gasteiger partial charge < -0.3 is 9.47 Å². The van der Waals surface area contributed by atoms with E-state index in [-0.39, 0.29) is 18.4 Å². The molecule has 21 heavy (non-hydrogen) atoms. The highest BCUT2D eigenvalue weighted by atomic mass is 16.6. The topological polar surface area (TPSA) is 52.6 Å². The number of rotatable bonds is 7. The first-order valence-corrected chi connectivity index (χ1v) is 7.89. The highest BCUT2D eigenvalue weighted by Gasteiger charge is 2.29. The number of carbonyl (C=O) groups is 2. The SMILES string of the molecule is CCCCCC(CC(=O)OC(C)(C)C)C(=O)OC(C)(C)C. The van der Waals surface area contributed by atoms with Crippen molar-refractivity contribution in [1.82, 2.24) is 0 Å². The fraction of sp³-hybridized carbons (Fsp3) is 0.882. The summed E-state index contributed by atoms with van der Waals surface area (Å²) in [5.41, 5.74) is -1.06. The van der Waals surface area contributed by atoms with E-state index < -0.39 is 17.1 Å². The van der Waals surface area contributed by atoms with Crippen LogP contribution in [0, 0.1) is 5.92 Å². The number of ether oxygens (including phenoxy) is 2. The zero-order valence-electron chi connectivity index (χ0n) is 14.7. The van der Waals surface area contributed by atoms with Crippen molar-refractivity contribution >= 4 is 11.9 Å². The fourth-order valence-electron chi connectivity index (χ4n) is 1.91. The number of hydrogen-bond donors (Lipinski definition) is 0. The molecule has 124 valence electrons. The molecule has 4 nitrogen and oxygen atoms in total. The van der Waals surface area contributed by atoms with Crippen LogP contribution in [-0.4, -0.2) is 23.1 Å². The molecule has 0 spiro atoms. The average Bonchev–Trinajstić information content (AvgIpc) is 2.22. The molecule has 0 aliphatic rings. The predicted octanol–water partition coefficient (Wildman–Crippen LogP) is 4.26. The van der Waals surface area contributed by atoms with Crippen LogP contribution in [0.25, 0.3) is 0 Å². The molecule has 0 aliphatic heterocycles. The van der Waals surface area contributed by atoms with Crippen molar-refractivity contribution in [2.75, 3.05) is 0 Å². The van der Waals surface area contributed by atoms with E-state index in [0.717, 1.165) is 19.3 Å². The molecular formula is C17H32O4. The molecule has 0 rings (SSSR count). The van der Waals surface area contributed by atoms with Crippen LogP contribution >= 0.6 is 0 Å². The molecule has 0 fully saturated rings. The van der Waals surface area contributed by atoms with Gasteiger partial charge in [-0.1, -0.05) is 26.2 Å². The van der Waals surface area contributed by atoms with E-state index in [0.29, 0.717) is 6.42 Å². The molecular weight excluding hydrogens is 268 g/mol. The van der Waals surface area contributed by atoms with Gasteiger partial charge >= 0.3 is 11.9 Å². The van der Waals surface area contributed by atoms with Crippen molar-refractivity contribution in [3.05, 3.63) is 0 Å². The Balaban J connectivity index is 4.65. The standard InChI is InChI=1S/C17H32O4/c1-8-9-10-11-13(15(19)21-17(5,6)7)12-14(18)20-16(2,3)4/h13H,8-12H2,1-7H3. The Hall–Kier alpha value is -1.06. The predicted molar refractivity (Wildman–Crippen MR) is 83.9 cm³/mol. The minimum absolute atomic E-state index is 0.0932. The first kappa shape index (κ1) is 19.9. The third kappa shape index (κ3) is 11.3. The maximum atomic E-state index is 12.2. The van der Waals surface area contributed by atoms with Crippen molar-refractivity contribution in [3.8, 4) is 0 Å². The largest absolute Gasteiger partial charge is 0.460 e. The Morgan fingerprint density at radius 1 is 0.905 bits per heavy atom. The van der Waals surface area contributed by atoms with E-state index in [9.17, 15) is 9.59 Å². The second-order valence-electron chi connectivity index (χ2n) is 7.52. The molecule has 0 aromatic carbocycles. The van der Waals surface area contributed by atoms with Crippen molar-refractivity contribution in [1.29, 1.82) is 0 Å².